The molecule has 0 amide bonds. The molecule has 0 heterocycles. The Balaban J connectivity index is 2.02. The van der Waals surface area contributed by atoms with Gasteiger partial charge in [0.15, 0.2) is 5.75 Å². The van der Waals surface area contributed by atoms with Gasteiger partial charge in [-0.05, 0) is 24.5 Å². The van der Waals surface area contributed by atoms with Gasteiger partial charge in [-0.3, -0.25) is 10.1 Å². The number of ether oxygens (including phenoxy) is 2. The number of rotatable bonds is 9. The lowest BCUT2D eigenvalue weighted by Gasteiger charge is -2.12. The van der Waals surface area contributed by atoms with Gasteiger partial charge in [-0.1, -0.05) is 6.07 Å². The van der Waals surface area contributed by atoms with Crippen molar-refractivity contribution < 1.29 is 19.5 Å². The summed E-state index contributed by atoms with van der Waals surface area (Å²) >= 11 is 0. The van der Waals surface area contributed by atoms with Crippen molar-refractivity contribution >= 4 is 5.69 Å². The number of hydrogen-bond acceptors (Lipinski definition) is 6. The predicted octanol–water partition coefficient (Wildman–Crippen LogP) is 1.23. The molecule has 116 valence electrons. The van der Waals surface area contributed by atoms with Crippen LogP contribution in [0, 0.1) is 10.1 Å². The zero-order valence-corrected chi connectivity index (χ0v) is 11.9. The van der Waals surface area contributed by atoms with Gasteiger partial charge in [-0.25, -0.2) is 0 Å². The fourth-order valence-electron chi connectivity index (χ4n) is 1.91. The van der Waals surface area contributed by atoms with Crippen molar-refractivity contribution in [2.24, 2.45) is 0 Å². The first-order valence-corrected chi connectivity index (χ1v) is 6.90. The smallest absolute Gasteiger partial charge is 0.310 e. The molecule has 0 saturated heterocycles. The second kappa shape index (κ2) is 7.35. The van der Waals surface area contributed by atoms with Crippen molar-refractivity contribution in [3.05, 3.63) is 33.9 Å². The molecule has 0 bridgehead atoms. The van der Waals surface area contributed by atoms with E-state index in [2.05, 4.69) is 5.32 Å². The third-order valence-corrected chi connectivity index (χ3v) is 3.18. The number of methoxy groups -OCH3 is 1. The standard InChI is InChI=1S/C14H20N2O5/c1-20-8-12(17)9-21-14-6-10(7-15-11-3-4-11)2-5-13(14)16(18)19/h2,5-6,11-12,15,17H,3-4,7-9H2,1H3. The van der Waals surface area contributed by atoms with Gasteiger partial charge in [0.2, 0.25) is 0 Å². The van der Waals surface area contributed by atoms with Crippen molar-refractivity contribution in [3.8, 4) is 5.75 Å². The van der Waals surface area contributed by atoms with E-state index in [1.165, 1.54) is 26.0 Å². The molecule has 1 saturated carbocycles. The summed E-state index contributed by atoms with van der Waals surface area (Å²) in [4.78, 5) is 10.5. The van der Waals surface area contributed by atoms with Crippen LogP contribution in [0.15, 0.2) is 18.2 Å². The van der Waals surface area contributed by atoms with Gasteiger partial charge in [-0.15, -0.1) is 0 Å². The van der Waals surface area contributed by atoms with E-state index in [-0.39, 0.29) is 24.7 Å². The topological polar surface area (TPSA) is 93.9 Å². The van der Waals surface area contributed by atoms with E-state index < -0.39 is 11.0 Å². The molecule has 0 aromatic heterocycles. The SMILES string of the molecule is COCC(O)COc1cc(CNC2CC2)ccc1[N+](=O)[O-]. The molecule has 2 rings (SSSR count). The van der Waals surface area contributed by atoms with Gasteiger partial charge in [-0.2, -0.15) is 0 Å². The number of nitrogens with one attached hydrogen (secondary N) is 1. The number of benzene rings is 1. The van der Waals surface area contributed by atoms with E-state index in [0.717, 1.165) is 5.56 Å². The molecular formula is C14H20N2O5. The minimum absolute atomic E-state index is 0.0474. The minimum atomic E-state index is -0.817. The molecule has 0 spiro atoms. The Labute approximate surface area is 123 Å². The Morgan fingerprint density at radius 1 is 1.48 bits per heavy atom. The Bertz CT molecular complexity index is 490. The molecule has 1 fully saturated rings. The van der Waals surface area contributed by atoms with Crippen molar-refractivity contribution in [2.75, 3.05) is 20.3 Å². The Morgan fingerprint density at radius 2 is 2.24 bits per heavy atom. The Hall–Kier alpha value is -1.70. The number of aliphatic hydroxyl groups excluding tert-OH is 1. The normalized spacial score (nSPS) is 15.7. The van der Waals surface area contributed by atoms with Gasteiger partial charge < -0.3 is 19.9 Å². The van der Waals surface area contributed by atoms with Crippen LogP contribution in [0.4, 0.5) is 5.69 Å². The summed E-state index contributed by atoms with van der Waals surface area (Å²) in [5, 5.41) is 23.9. The first-order chi connectivity index (χ1) is 10.1. The maximum Gasteiger partial charge on any atom is 0.310 e. The van der Waals surface area contributed by atoms with E-state index in [4.69, 9.17) is 9.47 Å². The van der Waals surface area contributed by atoms with Crippen molar-refractivity contribution in [1.82, 2.24) is 5.32 Å². The lowest BCUT2D eigenvalue weighted by molar-refractivity contribution is -0.385. The first-order valence-electron chi connectivity index (χ1n) is 6.90. The van der Waals surface area contributed by atoms with Crippen LogP contribution in [0.1, 0.15) is 18.4 Å². The maximum atomic E-state index is 11.0. The highest BCUT2D eigenvalue weighted by molar-refractivity contribution is 5.48. The first kappa shape index (κ1) is 15.7. The zero-order chi connectivity index (χ0) is 15.2. The molecule has 1 aromatic rings. The van der Waals surface area contributed by atoms with E-state index in [9.17, 15) is 15.2 Å². The van der Waals surface area contributed by atoms with Crippen LogP contribution in [-0.4, -0.2) is 42.5 Å². The van der Waals surface area contributed by atoms with Crippen LogP contribution < -0.4 is 10.1 Å². The number of nitrogens with zero attached hydrogens (tertiary/aromatic N) is 1. The van der Waals surface area contributed by atoms with E-state index >= 15 is 0 Å². The monoisotopic (exact) mass is 296 g/mol. The highest BCUT2D eigenvalue weighted by atomic mass is 16.6. The molecule has 21 heavy (non-hydrogen) atoms. The molecule has 1 atom stereocenters. The van der Waals surface area contributed by atoms with Gasteiger partial charge in [0.1, 0.15) is 12.7 Å². The van der Waals surface area contributed by atoms with Gasteiger partial charge in [0.05, 0.1) is 11.5 Å². The molecular weight excluding hydrogens is 276 g/mol. The minimum Gasteiger partial charge on any atom is -0.484 e. The Kier molecular flexibility index (Phi) is 5.49. The fraction of sp³-hybridized carbons (Fsp3) is 0.571. The van der Waals surface area contributed by atoms with Crippen LogP contribution in [0.3, 0.4) is 0 Å². The van der Waals surface area contributed by atoms with E-state index in [1.807, 2.05) is 0 Å². The van der Waals surface area contributed by atoms with Crippen molar-refractivity contribution in [2.45, 2.75) is 31.5 Å². The van der Waals surface area contributed by atoms with Gasteiger partial charge >= 0.3 is 5.69 Å². The molecule has 0 aliphatic heterocycles. The summed E-state index contributed by atoms with van der Waals surface area (Å²) in [6, 6.07) is 5.36. The van der Waals surface area contributed by atoms with Crippen molar-refractivity contribution in [1.29, 1.82) is 0 Å². The summed E-state index contributed by atoms with van der Waals surface area (Å²) < 4.78 is 10.2. The van der Waals surface area contributed by atoms with Crippen LogP contribution in [-0.2, 0) is 11.3 Å². The van der Waals surface area contributed by atoms with Crippen LogP contribution in [0.5, 0.6) is 5.75 Å². The molecule has 7 nitrogen and oxygen atoms in total. The Morgan fingerprint density at radius 3 is 2.86 bits per heavy atom. The predicted molar refractivity (Wildman–Crippen MR) is 76.3 cm³/mol. The van der Waals surface area contributed by atoms with Gasteiger partial charge in [0.25, 0.3) is 0 Å². The van der Waals surface area contributed by atoms with Crippen molar-refractivity contribution in [3.63, 3.8) is 0 Å². The number of hydrogen-bond donors (Lipinski definition) is 2. The summed E-state index contributed by atoms with van der Waals surface area (Å²) in [6.45, 7) is 0.727. The second-order valence-electron chi connectivity index (χ2n) is 5.13. The quantitative estimate of drug-likeness (QED) is 0.526. The summed E-state index contributed by atoms with van der Waals surface area (Å²) in [5.41, 5.74) is 0.818. The average Bonchev–Trinajstić information content (AvgIpc) is 3.27. The molecule has 1 aromatic carbocycles. The molecule has 1 aliphatic carbocycles. The van der Waals surface area contributed by atoms with E-state index in [0.29, 0.717) is 12.6 Å². The summed E-state index contributed by atoms with van der Waals surface area (Å²) in [7, 11) is 1.47. The number of nitro groups is 1. The second-order valence-corrected chi connectivity index (χ2v) is 5.13. The highest BCUT2D eigenvalue weighted by Gasteiger charge is 2.21. The third kappa shape index (κ3) is 4.96. The molecule has 2 N–H and O–H groups in total. The zero-order valence-electron chi connectivity index (χ0n) is 11.9. The number of aliphatic hydroxyl groups is 1. The third-order valence-electron chi connectivity index (χ3n) is 3.18. The molecule has 7 heteroatoms. The van der Waals surface area contributed by atoms with Crippen LogP contribution in [0.2, 0.25) is 0 Å². The average molecular weight is 296 g/mol. The highest BCUT2D eigenvalue weighted by Crippen LogP contribution is 2.28. The maximum absolute atomic E-state index is 11.0. The fourth-order valence-corrected chi connectivity index (χ4v) is 1.91. The van der Waals surface area contributed by atoms with E-state index in [1.54, 1.807) is 12.1 Å². The molecule has 1 unspecified atom stereocenters. The summed E-state index contributed by atoms with van der Waals surface area (Å²) in [5.74, 6) is 0.172. The molecule has 0 radical (unpaired) electrons. The number of nitro benzene ring substituents is 1. The lowest BCUT2D eigenvalue weighted by Crippen LogP contribution is -2.23. The summed E-state index contributed by atoms with van der Waals surface area (Å²) in [6.07, 6.45) is 1.54. The lowest BCUT2D eigenvalue weighted by atomic mass is 10.2. The van der Waals surface area contributed by atoms with Gasteiger partial charge in [0, 0.05) is 25.8 Å². The largest absolute Gasteiger partial charge is 0.484 e. The van der Waals surface area contributed by atoms with Crippen LogP contribution in [0.25, 0.3) is 0 Å². The molecule has 1 aliphatic rings. The van der Waals surface area contributed by atoms with Crippen LogP contribution >= 0.6 is 0 Å².